The van der Waals surface area contributed by atoms with Gasteiger partial charge in [-0.05, 0) is 0 Å². The van der Waals surface area contributed by atoms with E-state index in [0.29, 0.717) is 0 Å². The molecule has 0 atom stereocenters. The van der Waals surface area contributed by atoms with Crippen LogP contribution in [0.3, 0.4) is 0 Å². The molecule has 6 heavy (non-hydrogen) atoms. The standard InChI is InChI=1S/C4H4N.Y/c1-2-4-5-3-1;/h1-4H;/q-1;+3. The van der Waals surface area contributed by atoms with Crippen molar-refractivity contribution < 1.29 is 32.7 Å². The van der Waals surface area contributed by atoms with Crippen LogP contribution in [-0.4, -0.2) is 0 Å². The van der Waals surface area contributed by atoms with Crippen LogP contribution in [0, 0.1) is 0 Å². The predicted molar refractivity (Wildman–Crippen MR) is 19.8 cm³/mol. The summed E-state index contributed by atoms with van der Waals surface area (Å²) in [5, 5.41) is 0. The number of nitrogens with zero attached hydrogens (tertiary/aromatic N) is 1. The number of hydrogen-bond donors (Lipinski definition) is 0. The van der Waals surface area contributed by atoms with Gasteiger partial charge in [-0.1, -0.05) is 12.1 Å². The second-order valence-electron chi connectivity index (χ2n) is 0.832. The maximum atomic E-state index is 3.72. The third kappa shape index (κ3) is 1.73. The molecule has 0 aliphatic rings. The Morgan fingerprint density at radius 2 is 1.50 bits per heavy atom. The average Bonchev–Trinajstić information content (AvgIpc) is 1.76. The Morgan fingerprint density at radius 1 is 1.00 bits per heavy atom. The van der Waals surface area contributed by atoms with Crippen molar-refractivity contribution in [2.24, 2.45) is 0 Å². The summed E-state index contributed by atoms with van der Waals surface area (Å²) in [4.78, 5) is 3.72. The van der Waals surface area contributed by atoms with Crippen molar-refractivity contribution in [2.75, 3.05) is 0 Å². The van der Waals surface area contributed by atoms with Crippen molar-refractivity contribution in [2.45, 2.75) is 0 Å². The summed E-state index contributed by atoms with van der Waals surface area (Å²) in [5.41, 5.74) is 0. The van der Waals surface area contributed by atoms with E-state index in [1.165, 1.54) is 0 Å². The second-order valence-corrected chi connectivity index (χ2v) is 0.832. The van der Waals surface area contributed by atoms with E-state index in [4.69, 9.17) is 0 Å². The third-order valence-electron chi connectivity index (χ3n) is 0.455. The van der Waals surface area contributed by atoms with Crippen molar-refractivity contribution in [3.05, 3.63) is 24.5 Å². The van der Waals surface area contributed by atoms with Crippen LogP contribution in [0.4, 0.5) is 0 Å². The Balaban J connectivity index is 0.000000250. The van der Waals surface area contributed by atoms with Crippen LogP contribution in [0.2, 0.25) is 0 Å². The largest absolute Gasteiger partial charge is 3.00 e. The first kappa shape index (κ1) is 6.38. The monoisotopic (exact) mass is 155 g/mol. The molecule has 1 heterocycles. The molecule has 0 fully saturated rings. The van der Waals surface area contributed by atoms with Gasteiger partial charge in [0.1, 0.15) is 0 Å². The Hall–Kier alpha value is 0.384. The van der Waals surface area contributed by atoms with Crippen LogP contribution in [-0.2, 0) is 32.7 Å². The molecule has 0 bridgehead atoms. The molecule has 0 saturated carbocycles. The molecule has 0 unspecified atom stereocenters. The van der Waals surface area contributed by atoms with Crippen molar-refractivity contribution in [1.82, 2.24) is 4.98 Å². The van der Waals surface area contributed by atoms with Gasteiger partial charge in [-0.3, -0.25) is 0 Å². The van der Waals surface area contributed by atoms with Crippen LogP contribution in [0.5, 0.6) is 0 Å². The van der Waals surface area contributed by atoms with E-state index < -0.39 is 0 Å². The zero-order valence-electron chi connectivity index (χ0n) is 3.33. The molecule has 1 nitrogen and oxygen atoms in total. The minimum Gasteiger partial charge on any atom is -0.670 e. The molecule has 2 heteroatoms. The minimum atomic E-state index is 0. The first-order valence-electron chi connectivity index (χ1n) is 1.52. The molecule has 0 saturated heterocycles. The minimum absolute atomic E-state index is 0. The fourth-order valence-electron chi connectivity index (χ4n) is 0.248. The zero-order chi connectivity index (χ0) is 3.54. The van der Waals surface area contributed by atoms with Gasteiger partial charge in [0, 0.05) is 0 Å². The normalized spacial score (nSPS) is 6.67. The van der Waals surface area contributed by atoms with Gasteiger partial charge in [0.2, 0.25) is 0 Å². The summed E-state index contributed by atoms with van der Waals surface area (Å²) < 4.78 is 0. The summed E-state index contributed by atoms with van der Waals surface area (Å²) >= 11 is 0. The smallest absolute Gasteiger partial charge is 0.670 e. The van der Waals surface area contributed by atoms with Gasteiger partial charge in [-0.2, -0.15) is 12.4 Å². The Labute approximate surface area is 62.0 Å². The van der Waals surface area contributed by atoms with Gasteiger partial charge >= 0.3 is 32.7 Å². The number of rotatable bonds is 0. The van der Waals surface area contributed by atoms with Crippen LogP contribution < -0.4 is 4.98 Å². The van der Waals surface area contributed by atoms with Crippen LogP contribution in [0.25, 0.3) is 0 Å². The summed E-state index contributed by atoms with van der Waals surface area (Å²) in [5.74, 6) is 0. The van der Waals surface area contributed by atoms with Gasteiger partial charge in [-0.25, -0.2) is 0 Å². The van der Waals surface area contributed by atoms with Gasteiger partial charge in [0.25, 0.3) is 0 Å². The van der Waals surface area contributed by atoms with E-state index in [1.807, 2.05) is 12.1 Å². The molecule has 26 valence electrons. The molecule has 1 rings (SSSR count). The van der Waals surface area contributed by atoms with Crippen molar-refractivity contribution in [1.29, 1.82) is 0 Å². The van der Waals surface area contributed by atoms with Crippen molar-refractivity contribution >= 4 is 0 Å². The topological polar surface area (TPSA) is 14.1 Å². The molecule has 0 spiro atoms. The quantitative estimate of drug-likeness (QED) is 0.536. The van der Waals surface area contributed by atoms with E-state index in [-0.39, 0.29) is 32.7 Å². The zero-order valence-corrected chi connectivity index (χ0v) is 6.17. The molecule has 0 N–H and O–H groups in total. The maximum absolute atomic E-state index is 3.72. The van der Waals surface area contributed by atoms with Gasteiger partial charge < -0.3 is 4.98 Å². The Kier molecular flexibility index (Phi) is 3.80. The first-order valence-corrected chi connectivity index (χ1v) is 1.52. The van der Waals surface area contributed by atoms with Crippen LogP contribution >= 0.6 is 0 Å². The van der Waals surface area contributed by atoms with Crippen molar-refractivity contribution in [3.8, 4) is 0 Å². The number of hydrogen-bond acceptors (Lipinski definition) is 0. The first-order chi connectivity index (χ1) is 2.50. The number of aromatic nitrogens is 1. The van der Waals surface area contributed by atoms with Gasteiger partial charge in [0.15, 0.2) is 0 Å². The van der Waals surface area contributed by atoms with Gasteiger partial charge in [-0.15, -0.1) is 0 Å². The fraction of sp³-hybridized carbons (Fsp3) is 0. The molecular weight excluding hydrogens is 151 g/mol. The SMILES string of the molecule is [Y+3].c1cc[n-]c1. The molecule has 0 aliphatic carbocycles. The molecule has 1 aromatic rings. The van der Waals surface area contributed by atoms with E-state index >= 15 is 0 Å². The Morgan fingerprint density at radius 3 is 1.67 bits per heavy atom. The van der Waals surface area contributed by atoms with E-state index in [1.54, 1.807) is 12.4 Å². The molecule has 0 aliphatic heterocycles. The molecule has 0 radical (unpaired) electrons. The average molecular weight is 155 g/mol. The fourth-order valence-corrected chi connectivity index (χ4v) is 0.248. The van der Waals surface area contributed by atoms with Gasteiger partial charge in [0.05, 0.1) is 0 Å². The predicted octanol–water partition coefficient (Wildman–Crippen LogP) is 0.641. The summed E-state index contributed by atoms with van der Waals surface area (Å²) in [6, 6.07) is 3.78. The van der Waals surface area contributed by atoms with Crippen LogP contribution in [0.1, 0.15) is 0 Å². The second kappa shape index (κ2) is 3.57. The summed E-state index contributed by atoms with van der Waals surface area (Å²) in [6.07, 6.45) is 3.50. The summed E-state index contributed by atoms with van der Waals surface area (Å²) in [7, 11) is 0. The maximum Gasteiger partial charge on any atom is 3.00 e. The third-order valence-corrected chi connectivity index (χ3v) is 0.455. The van der Waals surface area contributed by atoms with Crippen LogP contribution in [0.15, 0.2) is 24.5 Å². The van der Waals surface area contributed by atoms with Crippen molar-refractivity contribution in [3.63, 3.8) is 0 Å². The molecular formula is C4H4NY+2. The Bertz CT molecular complexity index is 64.0. The molecule has 0 amide bonds. The summed E-state index contributed by atoms with van der Waals surface area (Å²) in [6.45, 7) is 0. The van der Waals surface area contributed by atoms with E-state index in [2.05, 4.69) is 4.98 Å². The molecule has 0 aromatic carbocycles. The van der Waals surface area contributed by atoms with E-state index in [0.717, 1.165) is 0 Å². The van der Waals surface area contributed by atoms with E-state index in [9.17, 15) is 0 Å². The molecule has 1 aromatic heterocycles.